The van der Waals surface area contributed by atoms with Gasteiger partial charge in [-0.3, -0.25) is 14.6 Å². The van der Waals surface area contributed by atoms with E-state index >= 15 is 0 Å². The van der Waals surface area contributed by atoms with Gasteiger partial charge in [-0.1, -0.05) is 18.5 Å². The number of rotatable bonds is 1. The summed E-state index contributed by atoms with van der Waals surface area (Å²) in [5, 5.41) is 0.0670. The lowest BCUT2D eigenvalue weighted by molar-refractivity contribution is -0.156. The predicted octanol–water partition coefficient (Wildman–Crippen LogP) is 3.41. The van der Waals surface area contributed by atoms with Gasteiger partial charge in [0.2, 0.25) is 0 Å². The Bertz CT molecular complexity index is 477. The third-order valence-electron chi connectivity index (χ3n) is 1.87. The van der Waals surface area contributed by atoms with Crippen LogP contribution in [0.15, 0.2) is 12.3 Å². The van der Waals surface area contributed by atoms with E-state index in [1.807, 2.05) is 0 Å². The number of halogens is 4. The van der Waals surface area contributed by atoms with Crippen molar-refractivity contribution in [2.24, 2.45) is 0 Å². The smallest absolute Gasteiger partial charge is 0.394 e. The van der Waals surface area contributed by atoms with E-state index in [1.165, 1.54) is 13.8 Å². The number of hydrogen-bond donors (Lipinski definition) is 0. The van der Waals surface area contributed by atoms with E-state index in [2.05, 4.69) is 9.72 Å². The van der Waals surface area contributed by atoms with Crippen molar-refractivity contribution < 1.29 is 27.5 Å². The minimum absolute atomic E-state index is 0.0670. The first kappa shape index (κ1) is 18.4. The Kier molecular flexibility index (Phi) is 7.20. The summed E-state index contributed by atoms with van der Waals surface area (Å²) in [6.45, 7) is 4.14. The minimum atomic E-state index is -4.37. The quantitative estimate of drug-likeness (QED) is 0.589. The van der Waals surface area contributed by atoms with Crippen LogP contribution in [0.2, 0.25) is 5.02 Å². The number of aromatic nitrogens is 1. The molecule has 0 radical (unpaired) electrons. The summed E-state index contributed by atoms with van der Waals surface area (Å²) >= 11 is 5.57. The number of hydrogen-bond acceptors (Lipinski definition) is 4. The molecule has 1 aromatic heterocycles. The van der Waals surface area contributed by atoms with Crippen molar-refractivity contribution in [3.8, 4) is 0 Å². The molecule has 8 heteroatoms. The van der Waals surface area contributed by atoms with Gasteiger partial charge in [-0.2, -0.15) is 13.2 Å². The molecule has 1 aromatic rings. The first-order chi connectivity index (χ1) is 9.07. The summed E-state index contributed by atoms with van der Waals surface area (Å²) in [5.74, 6) is -1.12. The molecule has 0 aliphatic carbocycles. The Morgan fingerprint density at radius 1 is 1.30 bits per heavy atom. The van der Waals surface area contributed by atoms with Crippen LogP contribution in [-0.4, -0.2) is 16.9 Å². The second-order valence-electron chi connectivity index (χ2n) is 3.59. The first-order valence-corrected chi connectivity index (χ1v) is 5.86. The zero-order valence-electron chi connectivity index (χ0n) is 11.0. The first-order valence-electron chi connectivity index (χ1n) is 5.48. The van der Waals surface area contributed by atoms with Crippen LogP contribution >= 0.6 is 11.6 Å². The highest BCUT2D eigenvalue weighted by Crippen LogP contribution is 2.30. The Labute approximate surface area is 118 Å². The average molecular weight is 312 g/mol. The Morgan fingerprint density at radius 3 is 2.05 bits per heavy atom. The Morgan fingerprint density at radius 2 is 1.80 bits per heavy atom. The molecule has 0 saturated carbocycles. The second-order valence-corrected chi connectivity index (χ2v) is 4.00. The van der Waals surface area contributed by atoms with E-state index in [9.17, 15) is 22.8 Å². The molecule has 0 bridgehead atoms. The van der Waals surface area contributed by atoms with Crippen LogP contribution in [-0.2, 0) is 26.9 Å². The molecule has 0 atom stereocenters. The van der Waals surface area contributed by atoms with Gasteiger partial charge >= 0.3 is 18.1 Å². The van der Waals surface area contributed by atoms with E-state index in [0.29, 0.717) is 12.1 Å². The molecule has 0 fully saturated rings. The van der Waals surface area contributed by atoms with E-state index in [4.69, 9.17) is 11.6 Å². The summed E-state index contributed by atoms with van der Waals surface area (Å²) in [5.41, 5.74) is -0.329. The monoisotopic (exact) mass is 311 g/mol. The van der Waals surface area contributed by atoms with E-state index in [0.717, 1.165) is 12.3 Å². The Balaban J connectivity index is 0.000000441. The highest BCUT2D eigenvalue weighted by Gasteiger charge is 2.31. The van der Waals surface area contributed by atoms with Gasteiger partial charge in [0.1, 0.15) is 0 Å². The number of carbonyl (C=O) groups excluding carboxylic acids is 2. The second kappa shape index (κ2) is 7.84. The van der Waals surface area contributed by atoms with Gasteiger partial charge in [-0.05, 0) is 12.5 Å². The van der Waals surface area contributed by atoms with Gasteiger partial charge in [0, 0.05) is 20.0 Å². The number of alkyl halides is 3. The van der Waals surface area contributed by atoms with Gasteiger partial charge in [-0.15, -0.1) is 0 Å². The molecule has 0 N–H and O–H groups in total. The number of ether oxygens (including phenoxy) is 1. The molecular formula is C12H13ClF3NO3. The molecule has 0 saturated heterocycles. The summed E-state index contributed by atoms with van der Waals surface area (Å²) in [6.07, 6.45) is -3.05. The lowest BCUT2D eigenvalue weighted by Gasteiger charge is -2.07. The maximum atomic E-state index is 12.1. The molecule has 0 aliphatic rings. The molecule has 1 rings (SSSR count). The summed E-state index contributed by atoms with van der Waals surface area (Å²) < 4.78 is 40.3. The van der Waals surface area contributed by atoms with Crippen molar-refractivity contribution in [2.45, 2.75) is 33.4 Å². The van der Waals surface area contributed by atoms with Crippen molar-refractivity contribution in [3.05, 3.63) is 28.5 Å². The van der Waals surface area contributed by atoms with Gasteiger partial charge < -0.3 is 4.74 Å². The maximum absolute atomic E-state index is 12.1. The van der Waals surface area contributed by atoms with Crippen molar-refractivity contribution >= 4 is 23.5 Å². The van der Waals surface area contributed by atoms with E-state index < -0.39 is 23.7 Å². The molecule has 0 unspecified atom stereocenters. The standard InChI is InChI=1S/C8H7ClF3N.C4H6O3/c1-2-7-6(9)3-5(4-13-7)8(10,11)12;1-3(5)7-4(2)6/h3-4H,2H2,1H3;1-2H3. The molecule has 0 aromatic carbocycles. The summed E-state index contributed by atoms with van der Waals surface area (Å²) in [7, 11) is 0. The third kappa shape index (κ3) is 7.08. The van der Waals surface area contributed by atoms with Gasteiger partial charge in [0.15, 0.2) is 0 Å². The highest BCUT2D eigenvalue weighted by atomic mass is 35.5. The zero-order chi connectivity index (χ0) is 15.9. The lowest BCUT2D eigenvalue weighted by Crippen LogP contribution is -2.06. The molecule has 4 nitrogen and oxygen atoms in total. The molecular weight excluding hydrogens is 299 g/mol. The van der Waals surface area contributed by atoms with E-state index in [1.54, 1.807) is 6.92 Å². The third-order valence-corrected chi connectivity index (χ3v) is 2.19. The van der Waals surface area contributed by atoms with Gasteiger partial charge in [0.25, 0.3) is 0 Å². The van der Waals surface area contributed by atoms with Crippen LogP contribution < -0.4 is 0 Å². The van der Waals surface area contributed by atoms with Crippen LogP contribution in [0.5, 0.6) is 0 Å². The number of nitrogens with zero attached hydrogens (tertiary/aromatic N) is 1. The molecule has 0 amide bonds. The molecule has 1 heterocycles. The van der Waals surface area contributed by atoms with Gasteiger partial charge in [-0.25, -0.2) is 0 Å². The fourth-order valence-electron chi connectivity index (χ4n) is 1.08. The average Bonchev–Trinajstić information content (AvgIpc) is 2.26. The number of aryl methyl sites for hydroxylation is 1. The number of esters is 2. The van der Waals surface area contributed by atoms with Crippen molar-refractivity contribution in [2.75, 3.05) is 0 Å². The molecule has 0 aliphatic heterocycles. The fraction of sp³-hybridized carbons (Fsp3) is 0.417. The topological polar surface area (TPSA) is 56.3 Å². The largest absolute Gasteiger partial charge is 0.417 e. The van der Waals surface area contributed by atoms with Crippen molar-refractivity contribution in [1.82, 2.24) is 4.98 Å². The van der Waals surface area contributed by atoms with E-state index in [-0.39, 0.29) is 5.02 Å². The van der Waals surface area contributed by atoms with Gasteiger partial charge in [0.05, 0.1) is 16.3 Å². The van der Waals surface area contributed by atoms with Crippen molar-refractivity contribution in [3.63, 3.8) is 0 Å². The lowest BCUT2D eigenvalue weighted by atomic mass is 10.2. The maximum Gasteiger partial charge on any atom is 0.417 e. The normalized spacial score (nSPS) is 10.3. The SMILES string of the molecule is CC(=O)OC(C)=O.CCc1ncc(C(F)(F)F)cc1Cl. The van der Waals surface area contributed by atoms with Crippen LogP contribution in [0.4, 0.5) is 13.2 Å². The van der Waals surface area contributed by atoms with Crippen LogP contribution in [0, 0.1) is 0 Å². The molecule has 20 heavy (non-hydrogen) atoms. The molecule has 112 valence electrons. The van der Waals surface area contributed by atoms with Crippen LogP contribution in [0.3, 0.4) is 0 Å². The predicted molar refractivity (Wildman–Crippen MR) is 66.1 cm³/mol. The van der Waals surface area contributed by atoms with Crippen molar-refractivity contribution in [1.29, 1.82) is 0 Å². The minimum Gasteiger partial charge on any atom is -0.394 e. The Hall–Kier alpha value is -1.63. The zero-order valence-corrected chi connectivity index (χ0v) is 11.8. The highest BCUT2D eigenvalue weighted by molar-refractivity contribution is 6.31. The summed E-state index contributed by atoms with van der Waals surface area (Å²) in [6, 6.07) is 0.896. The van der Waals surface area contributed by atoms with Crippen LogP contribution in [0.1, 0.15) is 32.0 Å². The number of pyridine rings is 1. The summed E-state index contributed by atoms with van der Waals surface area (Å²) in [4.78, 5) is 23.2. The fourth-order valence-corrected chi connectivity index (χ4v) is 1.38. The number of carbonyl (C=O) groups is 2. The van der Waals surface area contributed by atoms with Crippen LogP contribution in [0.25, 0.3) is 0 Å². The molecule has 0 spiro atoms.